The highest BCUT2D eigenvalue weighted by Crippen LogP contribution is 2.33. The Kier molecular flexibility index (Phi) is 9.50. The molecule has 1 fully saturated rings. The number of hydrogen-bond donors (Lipinski definition) is 0. The third kappa shape index (κ3) is 7.43. The number of carbonyl (C=O) groups excluding carboxylic acids is 2. The van der Waals surface area contributed by atoms with Crippen molar-refractivity contribution >= 4 is 11.9 Å². The molecule has 0 radical (unpaired) electrons. The van der Waals surface area contributed by atoms with Gasteiger partial charge in [0.1, 0.15) is 13.2 Å². The molecule has 0 N–H and O–H groups in total. The molecule has 142 valence electrons. The Morgan fingerprint density at radius 3 is 2.44 bits per heavy atom. The van der Waals surface area contributed by atoms with Crippen LogP contribution >= 0.6 is 0 Å². The molecule has 0 aliphatic carbocycles. The molecule has 0 saturated carbocycles. The summed E-state index contributed by atoms with van der Waals surface area (Å²) in [4.78, 5) is 22.5. The molecule has 0 aromatic rings. The van der Waals surface area contributed by atoms with Gasteiger partial charge in [-0.2, -0.15) is 0 Å². The Hall–Kier alpha value is -1.62. The van der Waals surface area contributed by atoms with E-state index in [0.29, 0.717) is 19.6 Å². The molecule has 1 saturated heterocycles. The zero-order valence-electron chi connectivity index (χ0n) is 15.4. The van der Waals surface area contributed by atoms with Gasteiger partial charge in [0.2, 0.25) is 0 Å². The van der Waals surface area contributed by atoms with Crippen molar-refractivity contribution in [2.75, 3.05) is 26.4 Å². The highest BCUT2D eigenvalue weighted by molar-refractivity contribution is 5.66. The average molecular weight is 356 g/mol. The maximum absolute atomic E-state index is 11.4. The lowest BCUT2D eigenvalue weighted by Crippen LogP contribution is -2.53. The maximum atomic E-state index is 11.4. The van der Waals surface area contributed by atoms with E-state index in [9.17, 15) is 9.59 Å². The van der Waals surface area contributed by atoms with Gasteiger partial charge in [-0.25, -0.2) is 0 Å². The lowest BCUT2D eigenvalue weighted by atomic mass is 9.83. The molecule has 25 heavy (non-hydrogen) atoms. The summed E-state index contributed by atoms with van der Waals surface area (Å²) in [6.45, 7) is 7.88. The van der Waals surface area contributed by atoms with Crippen LogP contribution in [0.4, 0.5) is 0 Å². The molecule has 1 heterocycles. The highest BCUT2D eigenvalue weighted by Gasteiger charge is 2.44. The van der Waals surface area contributed by atoms with E-state index in [2.05, 4.69) is 5.92 Å². The van der Waals surface area contributed by atoms with Crippen molar-refractivity contribution in [2.24, 2.45) is 11.8 Å². The summed E-state index contributed by atoms with van der Waals surface area (Å²) < 4.78 is 27.3. The van der Waals surface area contributed by atoms with Crippen LogP contribution in [-0.2, 0) is 33.3 Å². The fourth-order valence-corrected chi connectivity index (χ4v) is 2.63. The smallest absolute Gasteiger partial charge is 0.303 e. The molecule has 0 spiro atoms. The molecule has 7 heteroatoms. The Balaban J connectivity index is 2.63. The minimum atomic E-state index is -0.719. The summed E-state index contributed by atoms with van der Waals surface area (Å²) >= 11 is 0. The van der Waals surface area contributed by atoms with Crippen molar-refractivity contribution in [3.63, 3.8) is 0 Å². The molecule has 1 aliphatic rings. The molecule has 1 rings (SSSR count). The Bertz CT molecular complexity index is 469. The van der Waals surface area contributed by atoms with E-state index in [-0.39, 0.29) is 37.1 Å². The standard InChI is InChI=1S/C18H28O7/c1-6-8-21-9-7-10-22-18-17(24-15(5)20)13(3)12(2)16(25-18)11-23-14(4)19/h1,12-13,16-18H,7-11H2,2-5H3. The Morgan fingerprint density at radius 2 is 1.84 bits per heavy atom. The van der Waals surface area contributed by atoms with Crippen molar-refractivity contribution in [3.8, 4) is 12.3 Å². The zero-order chi connectivity index (χ0) is 18.8. The van der Waals surface area contributed by atoms with E-state index in [1.165, 1.54) is 13.8 Å². The van der Waals surface area contributed by atoms with Gasteiger partial charge in [0.15, 0.2) is 12.4 Å². The fraction of sp³-hybridized carbons (Fsp3) is 0.778. The van der Waals surface area contributed by atoms with Crippen LogP contribution in [-0.4, -0.2) is 56.9 Å². The van der Waals surface area contributed by atoms with Crippen LogP contribution in [0, 0.1) is 24.2 Å². The van der Waals surface area contributed by atoms with Gasteiger partial charge in [0, 0.05) is 19.8 Å². The van der Waals surface area contributed by atoms with Crippen molar-refractivity contribution in [1.82, 2.24) is 0 Å². The maximum Gasteiger partial charge on any atom is 0.303 e. The van der Waals surface area contributed by atoms with Crippen LogP contribution in [0.15, 0.2) is 0 Å². The summed E-state index contributed by atoms with van der Waals surface area (Å²) in [5.41, 5.74) is 0. The van der Waals surface area contributed by atoms with E-state index < -0.39 is 18.4 Å². The third-order valence-corrected chi connectivity index (χ3v) is 4.16. The molecule has 1 aliphatic heterocycles. The van der Waals surface area contributed by atoms with Crippen LogP contribution in [0.5, 0.6) is 0 Å². The lowest BCUT2D eigenvalue weighted by molar-refractivity contribution is -0.280. The van der Waals surface area contributed by atoms with Gasteiger partial charge in [-0.15, -0.1) is 6.42 Å². The number of ether oxygens (including phenoxy) is 5. The molecule has 7 nitrogen and oxygen atoms in total. The third-order valence-electron chi connectivity index (χ3n) is 4.16. The van der Waals surface area contributed by atoms with Gasteiger partial charge in [0.25, 0.3) is 0 Å². The summed E-state index contributed by atoms with van der Waals surface area (Å²) in [5.74, 6) is 1.65. The van der Waals surface area contributed by atoms with Gasteiger partial charge in [-0.05, 0) is 12.3 Å². The summed E-state index contributed by atoms with van der Waals surface area (Å²) in [6.07, 6.45) is 4.17. The van der Waals surface area contributed by atoms with Crippen LogP contribution in [0.3, 0.4) is 0 Å². The first-order valence-electron chi connectivity index (χ1n) is 8.45. The van der Waals surface area contributed by atoms with Gasteiger partial charge in [0.05, 0.1) is 19.3 Å². The molecule has 0 amide bonds. The van der Waals surface area contributed by atoms with Crippen LogP contribution in [0.25, 0.3) is 0 Å². The average Bonchev–Trinajstić information content (AvgIpc) is 2.55. The molecule has 5 atom stereocenters. The molecule has 0 aromatic heterocycles. The van der Waals surface area contributed by atoms with Crippen LogP contribution < -0.4 is 0 Å². The molecule has 0 aromatic carbocycles. The second-order valence-electron chi connectivity index (χ2n) is 6.12. The van der Waals surface area contributed by atoms with Crippen LogP contribution in [0.1, 0.15) is 34.1 Å². The first kappa shape index (κ1) is 21.4. The molecule has 5 unspecified atom stereocenters. The van der Waals surface area contributed by atoms with Gasteiger partial charge in [-0.1, -0.05) is 19.8 Å². The van der Waals surface area contributed by atoms with E-state index in [1.54, 1.807) is 0 Å². The van der Waals surface area contributed by atoms with Crippen LogP contribution in [0.2, 0.25) is 0 Å². The predicted octanol–water partition coefficient (Wildman–Crippen LogP) is 1.53. The Labute approximate surface area is 149 Å². The molecular formula is C18H28O7. The van der Waals surface area contributed by atoms with E-state index in [1.807, 2.05) is 13.8 Å². The number of terminal acetylenes is 1. The van der Waals surface area contributed by atoms with E-state index in [4.69, 9.17) is 30.1 Å². The van der Waals surface area contributed by atoms with Gasteiger partial charge in [-0.3, -0.25) is 9.59 Å². The number of carbonyl (C=O) groups is 2. The SMILES string of the molecule is C#CCOCCCOC1OC(COC(C)=O)C(C)C(C)C1OC(C)=O. The van der Waals surface area contributed by atoms with Gasteiger partial charge < -0.3 is 23.7 Å². The zero-order valence-corrected chi connectivity index (χ0v) is 15.4. The second kappa shape index (κ2) is 11.1. The predicted molar refractivity (Wildman–Crippen MR) is 89.4 cm³/mol. The first-order chi connectivity index (χ1) is 11.9. The fourth-order valence-electron chi connectivity index (χ4n) is 2.63. The van der Waals surface area contributed by atoms with Crippen molar-refractivity contribution < 1.29 is 33.3 Å². The van der Waals surface area contributed by atoms with Crippen molar-refractivity contribution in [1.29, 1.82) is 0 Å². The minimum absolute atomic E-state index is 0.0131. The van der Waals surface area contributed by atoms with Crippen molar-refractivity contribution in [3.05, 3.63) is 0 Å². The first-order valence-corrected chi connectivity index (χ1v) is 8.45. The quantitative estimate of drug-likeness (QED) is 0.352. The monoisotopic (exact) mass is 356 g/mol. The summed E-state index contributed by atoms with van der Waals surface area (Å²) in [6, 6.07) is 0. The molecular weight excluding hydrogens is 328 g/mol. The number of esters is 2. The summed E-state index contributed by atoms with van der Waals surface area (Å²) in [5, 5.41) is 0. The molecule has 0 bridgehead atoms. The van der Waals surface area contributed by atoms with E-state index >= 15 is 0 Å². The van der Waals surface area contributed by atoms with Gasteiger partial charge >= 0.3 is 11.9 Å². The highest BCUT2D eigenvalue weighted by atomic mass is 16.7. The topological polar surface area (TPSA) is 80.3 Å². The lowest BCUT2D eigenvalue weighted by Gasteiger charge is -2.43. The van der Waals surface area contributed by atoms with Crippen molar-refractivity contribution in [2.45, 2.75) is 52.6 Å². The second-order valence-corrected chi connectivity index (χ2v) is 6.12. The largest absolute Gasteiger partial charge is 0.463 e. The number of hydrogen-bond acceptors (Lipinski definition) is 7. The Morgan fingerprint density at radius 1 is 1.12 bits per heavy atom. The minimum Gasteiger partial charge on any atom is -0.463 e. The van der Waals surface area contributed by atoms with E-state index in [0.717, 1.165) is 0 Å². The number of rotatable bonds is 9. The summed E-state index contributed by atoms with van der Waals surface area (Å²) in [7, 11) is 0. The normalized spacial score (nSPS) is 28.8.